The van der Waals surface area contributed by atoms with E-state index in [4.69, 9.17) is 4.52 Å². The molecule has 2 heterocycles. The maximum absolute atomic E-state index is 13.4. The molecule has 6 nitrogen and oxygen atoms in total. The first kappa shape index (κ1) is 18.7. The summed E-state index contributed by atoms with van der Waals surface area (Å²) in [4.78, 5) is 4.05. The molecule has 0 aliphatic carbocycles. The lowest BCUT2D eigenvalue weighted by Gasteiger charge is -2.29. The highest BCUT2D eigenvalue weighted by Crippen LogP contribution is 2.30. The quantitative estimate of drug-likeness (QED) is 0.663. The van der Waals surface area contributed by atoms with Crippen LogP contribution in [0.3, 0.4) is 0 Å². The van der Waals surface area contributed by atoms with Crippen molar-refractivity contribution in [2.45, 2.75) is 23.7 Å². The third-order valence-electron chi connectivity index (χ3n) is 4.76. The molecule has 0 N–H and O–H groups in total. The second-order valence-corrected chi connectivity index (χ2v) is 8.55. The van der Waals surface area contributed by atoms with Gasteiger partial charge in [-0.05, 0) is 37.1 Å². The molecule has 0 atom stereocenters. The molecule has 0 saturated carbocycles. The van der Waals surface area contributed by atoms with Crippen LogP contribution in [-0.4, -0.2) is 36.0 Å². The normalized spacial score (nSPS) is 16.4. The Morgan fingerprint density at radius 1 is 1.00 bits per heavy atom. The van der Waals surface area contributed by atoms with Gasteiger partial charge in [0, 0.05) is 30.6 Å². The van der Waals surface area contributed by atoms with Gasteiger partial charge in [-0.3, -0.25) is 0 Å². The van der Waals surface area contributed by atoms with Crippen molar-refractivity contribution in [3.63, 3.8) is 0 Å². The standard InChI is InChI=1S/C19H17F2N3O3S/c20-15-10-16(21)12-17(11-15)28(25,26)24-8-6-13(7-9-24)18-22-19(27-23-18)14-4-2-1-3-5-14/h1-5,10-13H,6-9H2. The smallest absolute Gasteiger partial charge is 0.257 e. The predicted molar refractivity (Wildman–Crippen MR) is 96.8 cm³/mol. The van der Waals surface area contributed by atoms with Gasteiger partial charge in [-0.15, -0.1) is 0 Å². The molecular formula is C19H17F2N3O3S. The van der Waals surface area contributed by atoms with Crippen LogP contribution in [-0.2, 0) is 10.0 Å². The van der Waals surface area contributed by atoms with Gasteiger partial charge in [0.25, 0.3) is 5.89 Å². The zero-order chi connectivity index (χ0) is 19.7. The van der Waals surface area contributed by atoms with Crippen molar-refractivity contribution in [1.29, 1.82) is 0 Å². The number of rotatable bonds is 4. The first-order valence-electron chi connectivity index (χ1n) is 8.79. The number of aromatic nitrogens is 2. The van der Waals surface area contributed by atoms with Gasteiger partial charge in [0.15, 0.2) is 5.82 Å². The monoisotopic (exact) mass is 405 g/mol. The number of nitrogens with zero attached hydrogens (tertiary/aromatic N) is 3. The van der Waals surface area contributed by atoms with Crippen LogP contribution in [0.5, 0.6) is 0 Å². The summed E-state index contributed by atoms with van der Waals surface area (Å²) in [7, 11) is -3.96. The van der Waals surface area contributed by atoms with Gasteiger partial charge in [0.05, 0.1) is 4.90 Å². The van der Waals surface area contributed by atoms with E-state index in [1.54, 1.807) is 0 Å². The van der Waals surface area contributed by atoms with E-state index >= 15 is 0 Å². The van der Waals surface area contributed by atoms with Crippen molar-refractivity contribution < 1.29 is 21.7 Å². The Hall–Kier alpha value is -2.65. The van der Waals surface area contributed by atoms with Crippen molar-refractivity contribution >= 4 is 10.0 Å². The fourth-order valence-corrected chi connectivity index (χ4v) is 4.79. The Kier molecular flexibility index (Phi) is 4.94. The zero-order valence-corrected chi connectivity index (χ0v) is 15.6. The molecule has 0 spiro atoms. The van der Waals surface area contributed by atoms with E-state index in [2.05, 4.69) is 10.1 Å². The molecule has 0 radical (unpaired) electrons. The van der Waals surface area contributed by atoms with E-state index in [1.807, 2.05) is 30.3 Å². The molecule has 1 aliphatic heterocycles. The Bertz CT molecular complexity index is 1060. The molecule has 1 aliphatic rings. The Morgan fingerprint density at radius 2 is 1.64 bits per heavy atom. The maximum Gasteiger partial charge on any atom is 0.257 e. The van der Waals surface area contributed by atoms with Crippen LogP contribution in [0.2, 0.25) is 0 Å². The van der Waals surface area contributed by atoms with E-state index in [9.17, 15) is 17.2 Å². The number of benzene rings is 2. The van der Waals surface area contributed by atoms with Crippen molar-refractivity contribution in [2.24, 2.45) is 0 Å². The SMILES string of the molecule is O=S(=O)(c1cc(F)cc(F)c1)N1CCC(c2noc(-c3ccccc3)n2)CC1. The Morgan fingerprint density at radius 3 is 2.29 bits per heavy atom. The molecular weight excluding hydrogens is 388 g/mol. The third kappa shape index (κ3) is 3.67. The minimum atomic E-state index is -3.96. The molecule has 0 amide bonds. The molecule has 146 valence electrons. The second-order valence-electron chi connectivity index (χ2n) is 6.61. The first-order chi connectivity index (χ1) is 13.4. The predicted octanol–water partition coefficient (Wildman–Crippen LogP) is 3.58. The summed E-state index contributed by atoms with van der Waals surface area (Å²) in [5, 5.41) is 4.03. The highest BCUT2D eigenvalue weighted by atomic mass is 32.2. The van der Waals surface area contributed by atoms with Gasteiger partial charge in [-0.1, -0.05) is 23.4 Å². The molecule has 9 heteroatoms. The van der Waals surface area contributed by atoms with E-state index in [0.29, 0.717) is 30.6 Å². The lowest BCUT2D eigenvalue weighted by atomic mass is 9.97. The average Bonchev–Trinajstić information content (AvgIpc) is 3.18. The van der Waals surface area contributed by atoms with Crippen molar-refractivity contribution in [3.05, 3.63) is 66.0 Å². The molecule has 2 aromatic carbocycles. The largest absolute Gasteiger partial charge is 0.334 e. The van der Waals surface area contributed by atoms with Gasteiger partial charge in [0.1, 0.15) is 11.6 Å². The minimum Gasteiger partial charge on any atom is -0.334 e. The third-order valence-corrected chi connectivity index (χ3v) is 6.63. The van der Waals surface area contributed by atoms with E-state index < -0.39 is 21.7 Å². The molecule has 1 fully saturated rings. The lowest BCUT2D eigenvalue weighted by molar-refractivity contribution is 0.307. The molecule has 0 bridgehead atoms. The Labute approximate surface area is 160 Å². The van der Waals surface area contributed by atoms with Crippen LogP contribution in [0.25, 0.3) is 11.5 Å². The van der Waals surface area contributed by atoms with Crippen LogP contribution in [0, 0.1) is 11.6 Å². The first-order valence-corrected chi connectivity index (χ1v) is 10.2. The van der Waals surface area contributed by atoms with Gasteiger partial charge < -0.3 is 4.52 Å². The second kappa shape index (κ2) is 7.40. The highest BCUT2D eigenvalue weighted by molar-refractivity contribution is 7.89. The van der Waals surface area contributed by atoms with Gasteiger partial charge in [-0.25, -0.2) is 17.2 Å². The summed E-state index contributed by atoms with van der Waals surface area (Å²) in [5.41, 5.74) is 0.814. The lowest BCUT2D eigenvalue weighted by Crippen LogP contribution is -2.38. The number of halogens is 2. The van der Waals surface area contributed by atoms with Gasteiger partial charge in [-0.2, -0.15) is 9.29 Å². The topological polar surface area (TPSA) is 76.3 Å². The number of hydrogen-bond acceptors (Lipinski definition) is 5. The van der Waals surface area contributed by atoms with Crippen LogP contribution >= 0.6 is 0 Å². The molecule has 0 unspecified atom stereocenters. The van der Waals surface area contributed by atoms with Crippen LogP contribution in [0.4, 0.5) is 8.78 Å². The Balaban J connectivity index is 1.47. The van der Waals surface area contributed by atoms with Crippen LogP contribution in [0.15, 0.2) is 57.9 Å². The van der Waals surface area contributed by atoms with E-state index in [1.165, 1.54) is 4.31 Å². The maximum atomic E-state index is 13.4. The molecule has 28 heavy (non-hydrogen) atoms. The summed E-state index contributed by atoms with van der Waals surface area (Å²) in [5.74, 6) is -0.937. The number of hydrogen-bond donors (Lipinski definition) is 0. The van der Waals surface area contributed by atoms with Crippen molar-refractivity contribution in [1.82, 2.24) is 14.4 Å². The summed E-state index contributed by atoms with van der Waals surface area (Å²) in [6.07, 6.45) is 0.982. The molecule has 1 saturated heterocycles. The van der Waals surface area contributed by atoms with E-state index in [0.717, 1.165) is 17.7 Å². The molecule has 4 rings (SSSR count). The van der Waals surface area contributed by atoms with Gasteiger partial charge in [0.2, 0.25) is 10.0 Å². The number of piperidine rings is 1. The average molecular weight is 405 g/mol. The zero-order valence-electron chi connectivity index (χ0n) is 14.8. The summed E-state index contributed by atoms with van der Waals surface area (Å²) >= 11 is 0. The fourth-order valence-electron chi connectivity index (χ4n) is 3.28. The van der Waals surface area contributed by atoms with Crippen LogP contribution < -0.4 is 0 Å². The molecule has 1 aromatic heterocycles. The highest BCUT2D eigenvalue weighted by Gasteiger charge is 2.32. The minimum absolute atomic E-state index is 0.0445. The summed E-state index contributed by atoms with van der Waals surface area (Å²) < 4.78 is 58.7. The fraction of sp³-hybridized carbons (Fsp3) is 0.263. The van der Waals surface area contributed by atoms with Crippen molar-refractivity contribution in [2.75, 3.05) is 13.1 Å². The van der Waals surface area contributed by atoms with Crippen LogP contribution in [0.1, 0.15) is 24.6 Å². The van der Waals surface area contributed by atoms with Crippen molar-refractivity contribution in [3.8, 4) is 11.5 Å². The summed E-state index contributed by atoms with van der Waals surface area (Å²) in [6.45, 7) is 0.417. The van der Waals surface area contributed by atoms with Gasteiger partial charge >= 0.3 is 0 Å². The summed E-state index contributed by atoms with van der Waals surface area (Å²) in [6, 6.07) is 11.7. The molecule has 3 aromatic rings. The number of sulfonamides is 1. The van der Waals surface area contributed by atoms with E-state index in [-0.39, 0.29) is 23.9 Å².